The van der Waals surface area contributed by atoms with Crippen LogP contribution < -0.4 is 10.6 Å². The normalized spacial score (nSPS) is 13.4. The Morgan fingerprint density at radius 3 is 2.88 bits per heavy atom. The zero-order valence-electron chi connectivity index (χ0n) is 14.8. The standard InChI is InChI=1S/C17H20FN7O.3H2/c1-4-17(3,15(26)19-5-2)25-16-23-9-22-14(24-16)12-8-21-13-11(12)6-10(18)7-20-13;;;/h6-9H,4-5H2,1-3H3,(H,19,26)(H,20,21)(H,22,23,24,25);3*1H/t17-;;;/m1.../s1. The Balaban J connectivity index is 0.00000261. The molecule has 0 aliphatic rings. The molecule has 1 amide bonds. The van der Waals surface area contributed by atoms with Crippen molar-refractivity contribution in [1.29, 1.82) is 0 Å². The minimum Gasteiger partial charge on any atom is -0.354 e. The van der Waals surface area contributed by atoms with Gasteiger partial charge in [0.2, 0.25) is 11.9 Å². The highest BCUT2D eigenvalue weighted by molar-refractivity contribution is 5.92. The third-order valence-electron chi connectivity index (χ3n) is 4.24. The Labute approximate surface area is 154 Å². The number of H-pyrrole nitrogens is 1. The lowest BCUT2D eigenvalue weighted by Crippen LogP contribution is -2.50. The van der Waals surface area contributed by atoms with E-state index in [4.69, 9.17) is 0 Å². The largest absolute Gasteiger partial charge is 0.354 e. The van der Waals surface area contributed by atoms with Gasteiger partial charge in [-0.15, -0.1) is 0 Å². The summed E-state index contributed by atoms with van der Waals surface area (Å²) in [6.45, 7) is 6.08. The summed E-state index contributed by atoms with van der Waals surface area (Å²) in [4.78, 5) is 31.9. The van der Waals surface area contributed by atoms with Gasteiger partial charge in [-0.1, -0.05) is 6.92 Å². The molecule has 0 aliphatic heterocycles. The second-order valence-electron chi connectivity index (χ2n) is 6.05. The van der Waals surface area contributed by atoms with Gasteiger partial charge in [-0.3, -0.25) is 4.79 Å². The minimum atomic E-state index is -0.859. The van der Waals surface area contributed by atoms with Crippen molar-refractivity contribution in [2.24, 2.45) is 0 Å². The van der Waals surface area contributed by atoms with Gasteiger partial charge in [-0.05, 0) is 26.3 Å². The van der Waals surface area contributed by atoms with E-state index in [-0.39, 0.29) is 16.1 Å². The van der Waals surface area contributed by atoms with E-state index in [0.717, 1.165) is 6.20 Å². The molecule has 0 saturated carbocycles. The molecule has 3 aromatic heterocycles. The van der Waals surface area contributed by atoms with Crippen molar-refractivity contribution in [2.75, 3.05) is 11.9 Å². The number of halogens is 1. The zero-order chi connectivity index (χ0) is 18.7. The number of carbonyl (C=O) groups excluding carboxylic acids is 1. The molecule has 0 saturated heterocycles. The van der Waals surface area contributed by atoms with Crippen molar-refractivity contribution < 1.29 is 13.5 Å². The van der Waals surface area contributed by atoms with Gasteiger partial charge in [0.15, 0.2) is 5.82 Å². The predicted molar refractivity (Wildman–Crippen MR) is 102 cm³/mol. The van der Waals surface area contributed by atoms with Gasteiger partial charge in [0, 0.05) is 28.0 Å². The summed E-state index contributed by atoms with van der Waals surface area (Å²) in [5.74, 6) is 0.0446. The first-order valence-corrected chi connectivity index (χ1v) is 8.35. The third-order valence-corrected chi connectivity index (χ3v) is 4.24. The molecule has 1 atom stereocenters. The number of pyridine rings is 1. The van der Waals surface area contributed by atoms with Crippen LogP contribution in [-0.2, 0) is 4.79 Å². The number of anilines is 1. The fraction of sp³-hybridized carbons (Fsp3) is 0.353. The van der Waals surface area contributed by atoms with E-state index in [1.54, 1.807) is 13.1 Å². The van der Waals surface area contributed by atoms with Gasteiger partial charge in [0.05, 0.1) is 6.20 Å². The first-order valence-electron chi connectivity index (χ1n) is 8.35. The van der Waals surface area contributed by atoms with Crippen LogP contribution in [0.5, 0.6) is 0 Å². The number of nitrogens with zero attached hydrogens (tertiary/aromatic N) is 4. The van der Waals surface area contributed by atoms with Crippen LogP contribution in [0, 0.1) is 5.82 Å². The molecule has 3 aromatic rings. The smallest absolute Gasteiger partial charge is 0.245 e. The zero-order valence-corrected chi connectivity index (χ0v) is 14.8. The van der Waals surface area contributed by atoms with Gasteiger partial charge in [0.25, 0.3) is 0 Å². The first kappa shape index (κ1) is 17.7. The molecular weight excluding hydrogens is 337 g/mol. The Bertz CT molecular complexity index is 956. The quantitative estimate of drug-likeness (QED) is 0.621. The molecule has 0 spiro atoms. The van der Waals surface area contributed by atoms with Crippen molar-refractivity contribution in [3.8, 4) is 11.4 Å². The van der Waals surface area contributed by atoms with Crippen molar-refractivity contribution in [2.45, 2.75) is 32.7 Å². The Hall–Kier alpha value is -3.10. The Morgan fingerprint density at radius 1 is 1.35 bits per heavy atom. The van der Waals surface area contributed by atoms with Crippen LogP contribution >= 0.6 is 0 Å². The van der Waals surface area contributed by atoms with Crippen LogP contribution in [0.15, 0.2) is 24.8 Å². The van der Waals surface area contributed by atoms with Crippen molar-refractivity contribution in [1.82, 2.24) is 30.2 Å². The number of aromatic amines is 1. The van der Waals surface area contributed by atoms with Crippen LogP contribution in [0.4, 0.5) is 10.3 Å². The number of carbonyl (C=O) groups is 1. The van der Waals surface area contributed by atoms with Crippen LogP contribution in [-0.4, -0.2) is 42.9 Å². The third kappa shape index (κ3) is 3.32. The maximum Gasteiger partial charge on any atom is 0.245 e. The first-order chi connectivity index (χ1) is 12.5. The summed E-state index contributed by atoms with van der Waals surface area (Å²) in [7, 11) is 0. The number of hydrogen-bond acceptors (Lipinski definition) is 6. The van der Waals surface area contributed by atoms with E-state index >= 15 is 0 Å². The topological polar surface area (TPSA) is 108 Å². The van der Waals surface area contributed by atoms with E-state index in [1.165, 1.54) is 12.4 Å². The predicted octanol–water partition coefficient (Wildman–Crippen LogP) is 3.01. The van der Waals surface area contributed by atoms with Gasteiger partial charge < -0.3 is 15.6 Å². The molecule has 0 bridgehead atoms. The number of amides is 1. The average Bonchev–Trinajstić information content (AvgIpc) is 3.05. The highest BCUT2D eigenvalue weighted by Gasteiger charge is 2.31. The van der Waals surface area contributed by atoms with Crippen LogP contribution in [0.1, 0.15) is 31.5 Å². The summed E-state index contributed by atoms with van der Waals surface area (Å²) in [5, 5.41) is 6.45. The highest BCUT2D eigenvalue weighted by atomic mass is 19.1. The second-order valence-corrected chi connectivity index (χ2v) is 6.05. The van der Waals surface area contributed by atoms with E-state index in [2.05, 4.69) is 35.6 Å². The molecule has 3 rings (SSSR count). The van der Waals surface area contributed by atoms with Crippen molar-refractivity contribution >= 4 is 22.9 Å². The molecule has 0 aromatic carbocycles. The fourth-order valence-corrected chi connectivity index (χ4v) is 2.56. The number of aromatic nitrogens is 5. The van der Waals surface area contributed by atoms with Crippen molar-refractivity contribution in [3.63, 3.8) is 0 Å². The second kappa shape index (κ2) is 7.03. The highest BCUT2D eigenvalue weighted by Crippen LogP contribution is 2.26. The molecule has 9 heteroatoms. The number of fused-ring (bicyclic) bond motifs is 1. The van der Waals surface area contributed by atoms with E-state index in [1.807, 2.05) is 13.8 Å². The molecular formula is C17H26FN7O. The number of nitrogens with one attached hydrogen (secondary N) is 3. The minimum absolute atomic E-state index is 0. The molecule has 0 aliphatic carbocycles. The van der Waals surface area contributed by atoms with Gasteiger partial charge in [-0.25, -0.2) is 19.3 Å². The lowest BCUT2D eigenvalue weighted by molar-refractivity contribution is -0.125. The number of rotatable bonds is 6. The van der Waals surface area contributed by atoms with Crippen molar-refractivity contribution in [3.05, 3.63) is 30.6 Å². The molecule has 0 radical (unpaired) electrons. The summed E-state index contributed by atoms with van der Waals surface area (Å²) in [6.07, 6.45) is 4.70. The summed E-state index contributed by atoms with van der Waals surface area (Å²) in [5.41, 5.74) is 0.286. The Morgan fingerprint density at radius 2 is 2.15 bits per heavy atom. The lowest BCUT2D eigenvalue weighted by atomic mass is 9.98. The van der Waals surface area contributed by atoms with Gasteiger partial charge in [0.1, 0.15) is 23.3 Å². The molecule has 142 valence electrons. The molecule has 3 heterocycles. The SMILES string of the molecule is CCNC(=O)[C@@](C)(CC)Nc1ncnc(-c2c[nH]c3ncc(F)cc23)n1.[HH].[HH].[HH]. The van der Waals surface area contributed by atoms with E-state index < -0.39 is 11.4 Å². The monoisotopic (exact) mass is 363 g/mol. The molecule has 0 fully saturated rings. The van der Waals surface area contributed by atoms with Crippen LogP contribution in [0.2, 0.25) is 0 Å². The number of hydrogen-bond donors (Lipinski definition) is 3. The molecule has 26 heavy (non-hydrogen) atoms. The van der Waals surface area contributed by atoms with E-state index in [9.17, 15) is 9.18 Å². The average molecular weight is 363 g/mol. The molecule has 3 N–H and O–H groups in total. The van der Waals surface area contributed by atoms with Crippen LogP contribution in [0.3, 0.4) is 0 Å². The Kier molecular flexibility index (Phi) is 4.79. The van der Waals surface area contributed by atoms with E-state index in [0.29, 0.717) is 35.4 Å². The number of likely N-dealkylation sites (N-methyl/N-ethyl adjacent to an activating group) is 1. The van der Waals surface area contributed by atoms with Gasteiger partial charge in [-0.2, -0.15) is 4.98 Å². The summed E-state index contributed by atoms with van der Waals surface area (Å²) < 4.78 is 13.5. The molecule has 0 unspecified atom stereocenters. The van der Waals surface area contributed by atoms with Gasteiger partial charge >= 0.3 is 0 Å². The summed E-state index contributed by atoms with van der Waals surface area (Å²) >= 11 is 0. The molecule has 8 nitrogen and oxygen atoms in total. The maximum absolute atomic E-state index is 13.5. The van der Waals surface area contributed by atoms with Crippen LogP contribution in [0.25, 0.3) is 22.4 Å². The maximum atomic E-state index is 13.5. The summed E-state index contributed by atoms with van der Waals surface area (Å²) in [6, 6.07) is 1.37. The lowest BCUT2D eigenvalue weighted by Gasteiger charge is -2.28. The fourth-order valence-electron chi connectivity index (χ4n) is 2.56.